The van der Waals surface area contributed by atoms with E-state index in [0.29, 0.717) is 18.7 Å². The van der Waals surface area contributed by atoms with Gasteiger partial charge in [0.15, 0.2) is 0 Å². The zero-order chi connectivity index (χ0) is 13.8. The number of aliphatic imine (C=N–C) groups is 2. The van der Waals surface area contributed by atoms with Gasteiger partial charge < -0.3 is 9.80 Å². The predicted molar refractivity (Wildman–Crippen MR) is 79.4 cm³/mol. The molecule has 3 rings (SSSR count). The van der Waals surface area contributed by atoms with E-state index in [9.17, 15) is 5.26 Å². The summed E-state index contributed by atoms with van der Waals surface area (Å²) in [6.45, 7) is 1.36. The van der Waals surface area contributed by atoms with Gasteiger partial charge in [-0.15, -0.1) is 0 Å². The van der Waals surface area contributed by atoms with Crippen molar-refractivity contribution in [2.75, 3.05) is 18.0 Å². The van der Waals surface area contributed by atoms with E-state index < -0.39 is 0 Å². The van der Waals surface area contributed by atoms with E-state index in [0.717, 1.165) is 11.5 Å². The van der Waals surface area contributed by atoms with Crippen molar-refractivity contribution in [2.45, 2.75) is 0 Å². The monoisotopic (exact) mass is 263 g/mol. The Kier molecular flexibility index (Phi) is 3.29. The molecule has 0 saturated heterocycles. The molecular formula is C15H13N5. The van der Waals surface area contributed by atoms with Crippen LogP contribution in [0.2, 0.25) is 0 Å². The van der Waals surface area contributed by atoms with Crippen molar-refractivity contribution in [2.24, 2.45) is 9.98 Å². The lowest BCUT2D eigenvalue weighted by Gasteiger charge is -2.28. The quantitative estimate of drug-likeness (QED) is 0.821. The summed E-state index contributed by atoms with van der Waals surface area (Å²) in [7, 11) is 0. The molecule has 0 N–H and O–H groups in total. The van der Waals surface area contributed by atoms with Crippen LogP contribution in [0.1, 0.15) is 5.56 Å². The summed E-state index contributed by atoms with van der Waals surface area (Å²) in [6.07, 6.45) is 9.27. The van der Waals surface area contributed by atoms with Crippen LogP contribution in [0.15, 0.2) is 58.7 Å². The van der Waals surface area contributed by atoms with Crippen LogP contribution in [0, 0.1) is 11.3 Å². The van der Waals surface area contributed by atoms with Crippen molar-refractivity contribution in [1.82, 2.24) is 4.90 Å². The normalized spacial score (nSPS) is 17.1. The topological polar surface area (TPSA) is 55.0 Å². The Morgan fingerprint density at radius 3 is 2.75 bits per heavy atom. The maximum absolute atomic E-state index is 9.19. The molecule has 2 aliphatic rings. The molecule has 0 unspecified atom stereocenters. The molecule has 5 heteroatoms. The Hall–Kier alpha value is -2.87. The largest absolute Gasteiger partial charge is 0.338 e. The van der Waals surface area contributed by atoms with Crippen LogP contribution < -0.4 is 4.90 Å². The highest BCUT2D eigenvalue weighted by Crippen LogP contribution is 2.23. The summed E-state index contributed by atoms with van der Waals surface area (Å²) >= 11 is 0. The molecule has 0 aliphatic carbocycles. The fraction of sp³-hybridized carbons (Fsp3) is 0.133. The Bertz CT molecular complexity index is 663. The first kappa shape index (κ1) is 12.2. The highest BCUT2D eigenvalue weighted by molar-refractivity contribution is 5.73. The standard InChI is InChI=1S/C15H13N5/c16-11-13-3-1-2-4-14(13)20-10-7-18-15(12-20)19-8-5-17-6-9-19/h1-8,12H,9-10H2. The number of hydrogen-bond acceptors (Lipinski definition) is 5. The van der Waals surface area contributed by atoms with Gasteiger partial charge in [-0.3, -0.25) is 4.99 Å². The maximum atomic E-state index is 9.19. The van der Waals surface area contributed by atoms with Crippen molar-refractivity contribution in [3.05, 3.63) is 54.2 Å². The zero-order valence-electron chi connectivity index (χ0n) is 10.8. The predicted octanol–water partition coefficient (Wildman–Crippen LogP) is 2.11. The highest BCUT2D eigenvalue weighted by atomic mass is 15.3. The SMILES string of the molecule is N#Cc1ccccc1N1C=C(N2C=CN=CC2)N=CC1. The number of hydrogen-bond donors (Lipinski definition) is 0. The molecular weight excluding hydrogens is 250 g/mol. The molecule has 2 heterocycles. The van der Waals surface area contributed by atoms with Gasteiger partial charge in [-0.2, -0.15) is 5.26 Å². The number of nitriles is 1. The second-order valence-corrected chi connectivity index (χ2v) is 4.36. The van der Waals surface area contributed by atoms with E-state index in [2.05, 4.69) is 16.1 Å². The number of nitrogens with zero attached hydrogens (tertiary/aromatic N) is 5. The number of rotatable bonds is 2. The molecule has 0 bridgehead atoms. The van der Waals surface area contributed by atoms with Gasteiger partial charge in [0, 0.05) is 31.0 Å². The molecule has 0 atom stereocenters. The van der Waals surface area contributed by atoms with Crippen LogP contribution >= 0.6 is 0 Å². The average molecular weight is 263 g/mol. The summed E-state index contributed by atoms with van der Waals surface area (Å²) in [5, 5.41) is 9.19. The lowest BCUT2D eigenvalue weighted by Crippen LogP contribution is -2.29. The van der Waals surface area contributed by atoms with E-state index in [4.69, 9.17) is 0 Å². The molecule has 1 aromatic rings. The molecule has 0 saturated carbocycles. The second-order valence-electron chi connectivity index (χ2n) is 4.36. The lowest BCUT2D eigenvalue weighted by atomic mass is 10.2. The van der Waals surface area contributed by atoms with Crippen molar-refractivity contribution >= 4 is 18.1 Å². The zero-order valence-corrected chi connectivity index (χ0v) is 10.8. The highest BCUT2D eigenvalue weighted by Gasteiger charge is 2.15. The van der Waals surface area contributed by atoms with Crippen LogP contribution in [0.4, 0.5) is 5.69 Å². The third-order valence-corrected chi connectivity index (χ3v) is 3.12. The van der Waals surface area contributed by atoms with Gasteiger partial charge in [-0.05, 0) is 12.1 Å². The lowest BCUT2D eigenvalue weighted by molar-refractivity contribution is 0.517. The molecule has 2 aliphatic heterocycles. The minimum Gasteiger partial charge on any atom is -0.338 e. The molecule has 1 aromatic carbocycles. The van der Waals surface area contributed by atoms with Gasteiger partial charge in [-0.25, -0.2) is 4.99 Å². The maximum Gasteiger partial charge on any atom is 0.148 e. The minimum atomic E-state index is 0.661. The van der Waals surface area contributed by atoms with Crippen molar-refractivity contribution in [3.63, 3.8) is 0 Å². The Morgan fingerprint density at radius 2 is 1.95 bits per heavy atom. The van der Waals surface area contributed by atoms with Gasteiger partial charge in [0.25, 0.3) is 0 Å². The van der Waals surface area contributed by atoms with Crippen LogP contribution in [-0.4, -0.2) is 30.4 Å². The van der Waals surface area contributed by atoms with E-state index in [-0.39, 0.29) is 0 Å². The van der Waals surface area contributed by atoms with E-state index in [1.807, 2.05) is 58.9 Å². The first-order chi connectivity index (χ1) is 9.88. The second kappa shape index (κ2) is 5.41. The molecule has 0 spiro atoms. The van der Waals surface area contributed by atoms with Crippen molar-refractivity contribution in [1.29, 1.82) is 5.26 Å². The summed E-state index contributed by atoms with van der Waals surface area (Å²) in [4.78, 5) is 12.5. The van der Waals surface area contributed by atoms with E-state index >= 15 is 0 Å². The number of para-hydroxylation sites is 1. The molecule has 0 radical (unpaired) electrons. The summed E-state index contributed by atoms with van der Waals surface area (Å²) < 4.78 is 0. The Morgan fingerprint density at radius 1 is 1.10 bits per heavy atom. The summed E-state index contributed by atoms with van der Waals surface area (Å²) in [6, 6.07) is 9.79. The van der Waals surface area contributed by atoms with Gasteiger partial charge in [0.05, 0.1) is 24.3 Å². The molecule has 0 aromatic heterocycles. The third kappa shape index (κ3) is 2.31. The van der Waals surface area contributed by atoms with Gasteiger partial charge in [-0.1, -0.05) is 12.1 Å². The van der Waals surface area contributed by atoms with E-state index in [1.165, 1.54) is 0 Å². The third-order valence-electron chi connectivity index (χ3n) is 3.12. The van der Waals surface area contributed by atoms with Crippen LogP contribution in [0.3, 0.4) is 0 Å². The Balaban J connectivity index is 1.90. The van der Waals surface area contributed by atoms with Crippen LogP contribution in [0.5, 0.6) is 0 Å². The minimum absolute atomic E-state index is 0.661. The first-order valence-electron chi connectivity index (χ1n) is 6.33. The molecule has 0 amide bonds. The molecule has 0 fully saturated rings. The van der Waals surface area contributed by atoms with Gasteiger partial charge in [0.1, 0.15) is 11.9 Å². The fourth-order valence-corrected chi connectivity index (χ4v) is 2.13. The average Bonchev–Trinajstić information content (AvgIpc) is 2.56. The van der Waals surface area contributed by atoms with E-state index in [1.54, 1.807) is 6.20 Å². The number of anilines is 1. The van der Waals surface area contributed by atoms with Gasteiger partial charge in [0.2, 0.25) is 0 Å². The smallest absolute Gasteiger partial charge is 0.148 e. The molecule has 20 heavy (non-hydrogen) atoms. The van der Waals surface area contributed by atoms with Crippen LogP contribution in [0.25, 0.3) is 0 Å². The van der Waals surface area contributed by atoms with Crippen molar-refractivity contribution < 1.29 is 0 Å². The molecule has 5 nitrogen and oxygen atoms in total. The van der Waals surface area contributed by atoms with Crippen molar-refractivity contribution in [3.8, 4) is 6.07 Å². The first-order valence-corrected chi connectivity index (χ1v) is 6.33. The van der Waals surface area contributed by atoms with Crippen LogP contribution in [-0.2, 0) is 0 Å². The molecule has 98 valence electrons. The van der Waals surface area contributed by atoms with Gasteiger partial charge >= 0.3 is 0 Å². The fourth-order valence-electron chi connectivity index (χ4n) is 2.13. The summed E-state index contributed by atoms with van der Waals surface area (Å²) in [5.41, 5.74) is 1.56. The number of benzene rings is 1. The summed E-state index contributed by atoms with van der Waals surface area (Å²) in [5.74, 6) is 0.839. The Labute approximate surface area is 117 Å².